The van der Waals surface area contributed by atoms with E-state index in [1.165, 1.54) is 0 Å². The zero-order valence-corrected chi connectivity index (χ0v) is 14.1. The standard InChI is InChI=1S/C20H21N3O2/c1-13-7-8-18-21-17(12-23(18)11-13)20(25)22-19(15-9-16(24)10-15)14-5-3-2-4-6-14/h2-8,11-12,15-16,19,24H,9-10H2,1H3,(H,22,25)/t15?,16?,19-/m1/s1. The Hall–Kier alpha value is -2.66. The predicted octanol–water partition coefficient (Wildman–Crippen LogP) is 2.88. The number of hydrogen-bond donors (Lipinski definition) is 2. The molecule has 0 aliphatic heterocycles. The summed E-state index contributed by atoms with van der Waals surface area (Å²) in [6, 6.07) is 13.7. The summed E-state index contributed by atoms with van der Waals surface area (Å²) in [5.41, 5.74) is 3.34. The van der Waals surface area contributed by atoms with Gasteiger partial charge in [-0.1, -0.05) is 36.4 Å². The lowest BCUT2D eigenvalue weighted by Gasteiger charge is -2.38. The Bertz CT molecular complexity index is 898. The van der Waals surface area contributed by atoms with Crippen LogP contribution in [0.4, 0.5) is 0 Å². The summed E-state index contributed by atoms with van der Waals surface area (Å²) in [5.74, 6) is 0.0669. The highest BCUT2D eigenvalue weighted by molar-refractivity contribution is 5.93. The molecule has 2 aromatic heterocycles. The van der Waals surface area contributed by atoms with Gasteiger partial charge in [0.05, 0.1) is 12.1 Å². The summed E-state index contributed by atoms with van der Waals surface area (Å²) < 4.78 is 1.87. The number of aromatic nitrogens is 2. The van der Waals surface area contributed by atoms with Crippen LogP contribution in [0.25, 0.3) is 5.65 Å². The fourth-order valence-electron chi connectivity index (χ4n) is 3.46. The van der Waals surface area contributed by atoms with Crippen LogP contribution in [0.15, 0.2) is 54.9 Å². The molecule has 1 aromatic carbocycles. The molecular weight excluding hydrogens is 314 g/mol. The summed E-state index contributed by atoms with van der Waals surface area (Å²) in [6.45, 7) is 2.01. The first-order chi connectivity index (χ1) is 12.1. The smallest absolute Gasteiger partial charge is 0.271 e. The first-order valence-electron chi connectivity index (χ1n) is 8.59. The lowest BCUT2D eigenvalue weighted by Crippen LogP contribution is -2.41. The van der Waals surface area contributed by atoms with Gasteiger partial charge < -0.3 is 14.8 Å². The highest BCUT2D eigenvalue weighted by atomic mass is 16.3. The molecule has 1 aliphatic rings. The van der Waals surface area contributed by atoms with Crippen molar-refractivity contribution in [2.45, 2.75) is 31.9 Å². The van der Waals surface area contributed by atoms with Gasteiger partial charge in [0.15, 0.2) is 0 Å². The molecule has 3 aromatic rings. The fourth-order valence-corrected chi connectivity index (χ4v) is 3.46. The lowest BCUT2D eigenvalue weighted by atomic mass is 9.75. The molecule has 1 aliphatic carbocycles. The van der Waals surface area contributed by atoms with Crippen molar-refractivity contribution in [2.24, 2.45) is 5.92 Å². The van der Waals surface area contributed by atoms with E-state index in [9.17, 15) is 9.90 Å². The van der Waals surface area contributed by atoms with Crippen LogP contribution in [0.3, 0.4) is 0 Å². The van der Waals surface area contributed by atoms with E-state index < -0.39 is 0 Å². The Morgan fingerprint density at radius 3 is 2.68 bits per heavy atom. The zero-order valence-electron chi connectivity index (χ0n) is 14.1. The van der Waals surface area contributed by atoms with E-state index in [-0.39, 0.29) is 24.0 Å². The molecule has 4 rings (SSSR count). The summed E-state index contributed by atoms with van der Waals surface area (Å²) in [6.07, 6.45) is 4.88. The third-order valence-corrected chi connectivity index (χ3v) is 4.90. The second-order valence-corrected chi connectivity index (χ2v) is 6.85. The molecule has 0 radical (unpaired) electrons. The second kappa shape index (κ2) is 6.33. The van der Waals surface area contributed by atoms with Gasteiger partial charge >= 0.3 is 0 Å². The Morgan fingerprint density at radius 2 is 1.96 bits per heavy atom. The quantitative estimate of drug-likeness (QED) is 0.770. The minimum atomic E-state index is -0.258. The number of carbonyl (C=O) groups is 1. The molecule has 1 atom stereocenters. The van der Waals surface area contributed by atoms with Crippen molar-refractivity contribution in [3.8, 4) is 0 Å². The van der Waals surface area contributed by atoms with Crippen LogP contribution in [-0.2, 0) is 0 Å². The maximum absolute atomic E-state index is 12.8. The SMILES string of the molecule is Cc1ccc2nc(C(=O)N[C@H](c3ccccc3)C3CC(O)C3)cn2c1. The topological polar surface area (TPSA) is 66.6 Å². The number of nitrogens with zero attached hydrogens (tertiary/aromatic N) is 2. The lowest BCUT2D eigenvalue weighted by molar-refractivity contribution is 0.0235. The number of hydrogen-bond acceptors (Lipinski definition) is 3. The number of aliphatic hydroxyl groups is 1. The van der Waals surface area contributed by atoms with Crippen molar-refractivity contribution >= 4 is 11.6 Å². The largest absolute Gasteiger partial charge is 0.393 e. The van der Waals surface area contributed by atoms with Crippen molar-refractivity contribution in [1.29, 1.82) is 0 Å². The zero-order chi connectivity index (χ0) is 17.4. The molecule has 0 spiro atoms. The second-order valence-electron chi connectivity index (χ2n) is 6.85. The van der Waals surface area contributed by atoms with Gasteiger partial charge in [0.25, 0.3) is 5.91 Å². The first kappa shape index (κ1) is 15.8. The Labute approximate surface area is 146 Å². The molecule has 1 fully saturated rings. The first-order valence-corrected chi connectivity index (χ1v) is 8.59. The number of rotatable bonds is 4. The van der Waals surface area contributed by atoms with Gasteiger partial charge in [-0.15, -0.1) is 0 Å². The molecule has 0 bridgehead atoms. The van der Waals surface area contributed by atoms with E-state index in [2.05, 4.69) is 10.3 Å². The van der Waals surface area contributed by atoms with Gasteiger partial charge in [0.2, 0.25) is 0 Å². The number of nitrogens with one attached hydrogen (secondary N) is 1. The van der Waals surface area contributed by atoms with Crippen molar-refractivity contribution in [3.05, 3.63) is 71.7 Å². The molecule has 2 heterocycles. The maximum Gasteiger partial charge on any atom is 0.271 e. The van der Waals surface area contributed by atoms with Gasteiger partial charge in [-0.3, -0.25) is 4.79 Å². The molecule has 1 amide bonds. The van der Waals surface area contributed by atoms with Crippen LogP contribution < -0.4 is 5.32 Å². The third kappa shape index (κ3) is 3.15. The molecule has 0 unspecified atom stereocenters. The molecule has 0 saturated heterocycles. The molecule has 5 heteroatoms. The Morgan fingerprint density at radius 1 is 1.20 bits per heavy atom. The molecular formula is C20H21N3O2. The molecule has 25 heavy (non-hydrogen) atoms. The van der Waals surface area contributed by atoms with Gasteiger partial charge in [0, 0.05) is 12.4 Å². The highest BCUT2D eigenvalue weighted by Crippen LogP contribution is 2.38. The molecule has 5 nitrogen and oxygen atoms in total. The van der Waals surface area contributed by atoms with Gasteiger partial charge in [-0.25, -0.2) is 4.98 Å². The number of aliphatic hydroxyl groups excluding tert-OH is 1. The van der Waals surface area contributed by atoms with Gasteiger partial charge in [-0.2, -0.15) is 0 Å². The van der Waals surface area contributed by atoms with E-state index >= 15 is 0 Å². The van der Waals surface area contributed by atoms with Crippen LogP contribution in [0, 0.1) is 12.8 Å². The van der Waals surface area contributed by atoms with E-state index in [4.69, 9.17) is 0 Å². The number of aryl methyl sites for hydroxylation is 1. The van der Waals surface area contributed by atoms with Crippen LogP contribution >= 0.6 is 0 Å². The average Bonchev–Trinajstić information content (AvgIpc) is 3.01. The number of pyridine rings is 1. The molecule has 1 saturated carbocycles. The minimum absolute atomic E-state index is 0.108. The summed E-state index contributed by atoms with van der Waals surface area (Å²) >= 11 is 0. The van der Waals surface area contributed by atoms with Crippen LogP contribution in [0.2, 0.25) is 0 Å². The predicted molar refractivity (Wildman–Crippen MR) is 95.3 cm³/mol. The molecule has 2 N–H and O–H groups in total. The fraction of sp³-hybridized carbons (Fsp3) is 0.300. The number of carbonyl (C=O) groups excluding carboxylic acids is 1. The number of fused-ring (bicyclic) bond motifs is 1. The number of benzene rings is 1. The van der Waals surface area contributed by atoms with E-state index in [0.29, 0.717) is 18.5 Å². The van der Waals surface area contributed by atoms with Crippen LogP contribution in [0.1, 0.15) is 40.5 Å². The number of amides is 1. The summed E-state index contributed by atoms with van der Waals surface area (Å²) in [4.78, 5) is 17.2. The van der Waals surface area contributed by atoms with E-state index in [1.807, 2.05) is 60.0 Å². The monoisotopic (exact) mass is 335 g/mol. The van der Waals surface area contributed by atoms with Crippen molar-refractivity contribution in [1.82, 2.24) is 14.7 Å². The highest BCUT2D eigenvalue weighted by Gasteiger charge is 2.35. The van der Waals surface area contributed by atoms with Crippen molar-refractivity contribution in [2.75, 3.05) is 0 Å². The Kier molecular flexibility index (Phi) is 4.01. The van der Waals surface area contributed by atoms with Gasteiger partial charge in [0.1, 0.15) is 11.3 Å². The van der Waals surface area contributed by atoms with E-state index in [1.54, 1.807) is 6.20 Å². The van der Waals surface area contributed by atoms with Crippen LogP contribution in [0.5, 0.6) is 0 Å². The van der Waals surface area contributed by atoms with E-state index in [0.717, 1.165) is 16.8 Å². The van der Waals surface area contributed by atoms with Crippen molar-refractivity contribution < 1.29 is 9.90 Å². The molecule has 128 valence electrons. The summed E-state index contributed by atoms with van der Waals surface area (Å²) in [7, 11) is 0. The average molecular weight is 335 g/mol. The number of imidazole rings is 1. The van der Waals surface area contributed by atoms with Crippen molar-refractivity contribution in [3.63, 3.8) is 0 Å². The minimum Gasteiger partial charge on any atom is -0.393 e. The maximum atomic E-state index is 12.8. The van der Waals surface area contributed by atoms with Crippen LogP contribution in [-0.4, -0.2) is 26.5 Å². The normalized spacial score (nSPS) is 20.9. The van der Waals surface area contributed by atoms with Gasteiger partial charge in [-0.05, 0) is 42.9 Å². The Balaban J connectivity index is 1.59. The summed E-state index contributed by atoms with van der Waals surface area (Å²) in [5, 5.41) is 12.8. The third-order valence-electron chi connectivity index (χ3n) is 4.90.